The predicted molar refractivity (Wildman–Crippen MR) is 151 cm³/mol. The number of hydrogen-bond donors (Lipinski definition) is 2. The molecule has 2 aromatic carbocycles. The number of H-pyrrole nitrogens is 1. The number of nitrogens with one attached hydrogen (secondary N) is 1. The molecule has 0 bridgehead atoms. The Balaban J connectivity index is 1.42. The molecule has 40 heavy (non-hydrogen) atoms. The van der Waals surface area contributed by atoms with Crippen molar-refractivity contribution in [1.82, 2.24) is 9.97 Å². The molecule has 1 atom stereocenters. The van der Waals surface area contributed by atoms with Gasteiger partial charge in [0.05, 0.1) is 42.8 Å². The van der Waals surface area contributed by atoms with Crippen LogP contribution >= 0.6 is 11.6 Å². The summed E-state index contributed by atoms with van der Waals surface area (Å²) in [6.45, 7) is 0. The van der Waals surface area contributed by atoms with E-state index in [4.69, 9.17) is 30.5 Å². The number of esters is 1. The average molecular weight is 569 g/mol. The van der Waals surface area contributed by atoms with Crippen molar-refractivity contribution >= 4 is 28.5 Å². The van der Waals surface area contributed by atoms with Gasteiger partial charge in [-0.1, -0.05) is 30.5 Å². The van der Waals surface area contributed by atoms with Crippen LogP contribution in [0, 0.1) is 5.92 Å². The number of carbonyl (C=O) groups is 1. The van der Waals surface area contributed by atoms with Crippen LogP contribution in [0.1, 0.15) is 49.9 Å². The van der Waals surface area contributed by atoms with Gasteiger partial charge in [0.25, 0.3) is 5.56 Å². The summed E-state index contributed by atoms with van der Waals surface area (Å²) in [5.74, 6) is 1.22. The minimum Gasteiger partial charge on any atom is -0.512 e. The van der Waals surface area contributed by atoms with E-state index in [2.05, 4.69) is 9.97 Å². The normalized spacial score (nSPS) is 19.6. The number of fused-ring (bicyclic) bond motifs is 1. The summed E-state index contributed by atoms with van der Waals surface area (Å²) in [5.41, 5.74) is 0.284. The third-order valence-corrected chi connectivity index (χ3v) is 8.41. The van der Waals surface area contributed by atoms with Crippen LogP contribution in [0.3, 0.4) is 0 Å². The summed E-state index contributed by atoms with van der Waals surface area (Å²) >= 11 is 6.33. The summed E-state index contributed by atoms with van der Waals surface area (Å²) in [4.78, 5) is 33.5. The highest BCUT2D eigenvalue weighted by atomic mass is 35.5. The van der Waals surface area contributed by atoms with Crippen molar-refractivity contribution in [3.05, 3.63) is 68.4 Å². The Labute approximate surface area is 237 Å². The van der Waals surface area contributed by atoms with Gasteiger partial charge in [-0.3, -0.25) is 4.79 Å². The number of aliphatic hydroxyl groups is 1. The van der Waals surface area contributed by atoms with Crippen LogP contribution in [0.25, 0.3) is 10.9 Å². The fourth-order valence-electron chi connectivity index (χ4n) is 5.97. The highest BCUT2D eigenvalue weighted by Gasteiger charge is 2.48. The Kier molecular flexibility index (Phi) is 7.94. The monoisotopic (exact) mass is 568 g/mol. The Hall–Kier alpha value is -3.72. The lowest BCUT2D eigenvalue weighted by molar-refractivity contribution is -0.167. The molecule has 1 unspecified atom stereocenters. The predicted octanol–water partition coefficient (Wildman–Crippen LogP) is 5.47. The van der Waals surface area contributed by atoms with E-state index in [1.165, 1.54) is 14.2 Å². The lowest BCUT2D eigenvalue weighted by Crippen LogP contribution is -2.46. The van der Waals surface area contributed by atoms with Gasteiger partial charge in [-0.25, -0.2) is 9.78 Å². The number of aromatic nitrogens is 2. The van der Waals surface area contributed by atoms with Crippen LogP contribution in [0.5, 0.6) is 17.2 Å². The van der Waals surface area contributed by atoms with Crippen molar-refractivity contribution in [3.8, 4) is 17.2 Å². The molecule has 1 fully saturated rings. The van der Waals surface area contributed by atoms with Gasteiger partial charge in [0, 0.05) is 18.9 Å². The van der Waals surface area contributed by atoms with Gasteiger partial charge in [-0.05, 0) is 55.4 Å². The fraction of sp³-hybridized carbons (Fsp3) is 0.433. The smallest absolute Gasteiger partial charge is 0.338 e. The van der Waals surface area contributed by atoms with Crippen LogP contribution < -0.4 is 19.8 Å². The molecule has 1 aromatic heterocycles. The third kappa shape index (κ3) is 5.35. The standard InChI is InChI=1S/C30H33ClN2O7/c1-37-24-9-8-17(12-21(24)31)10-11-30(18-6-4-5-7-18)16-23(34)20(29(36)40-30)14-27-32-22-15-26(39-3)25(38-2)13-19(22)28(35)33-27/h8-9,12-13,15,18,34H,4-7,10-11,14,16H2,1-3H3,(H,32,33,35). The summed E-state index contributed by atoms with van der Waals surface area (Å²) < 4.78 is 22.1. The van der Waals surface area contributed by atoms with Crippen molar-refractivity contribution in [2.75, 3.05) is 21.3 Å². The number of methoxy groups -OCH3 is 3. The van der Waals surface area contributed by atoms with E-state index in [1.807, 2.05) is 18.2 Å². The molecule has 0 radical (unpaired) electrons. The first-order valence-corrected chi connectivity index (χ1v) is 13.8. The average Bonchev–Trinajstić information content (AvgIpc) is 3.49. The minimum absolute atomic E-state index is 0.0222. The number of benzene rings is 2. The maximum Gasteiger partial charge on any atom is 0.338 e. The number of carbonyl (C=O) groups excluding carboxylic acids is 1. The third-order valence-electron chi connectivity index (χ3n) is 8.11. The number of aromatic amines is 1. The molecule has 1 aliphatic heterocycles. The van der Waals surface area contributed by atoms with Gasteiger partial charge in [0.1, 0.15) is 22.9 Å². The number of halogens is 1. The van der Waals surface area contributed by atoms with E-state index in [1.54, 1.807) is 19.2 Å². The van der Waals surface area contributed by atoms with Gasteiger partial charge in [0.15, 0.2) is 11.5 Å². The van der Waals surface area contributed by atoms with Crippen LogP contribution in [0.4, 0.5) is 0 Å². The molecule has 0 saturated heterocycles. The fourth-order valence-corrected chi connectivity index (χ4v) is 6.25. The van der Waals surface area contributed by atoms with E-state index in [0.29, 0.717) is 46.0 Å². The van der Waals surface area contributed by atoms with Crippen LogP contribution in [0.2, 0.25) is 5.02 Å². The quantitative estimate of drug-likeness (QED) is 0.326. The number of hydrogen-bond acceptors (Lipinski definition) is 8. The summed E-state index contributed by atoms with van der Waals surface area (Å²) in [6, 6.07) is 8.80. The molecule has 2 N–H and O–H groups in total. The molecule has 212 valence electrons. The zero-order chi connectivity index (χ0) is 28.4. The number of aryl methyl sites for hydroxylation is 1. The van der Waals surface area contributed by atoms with Gasteiger partial charge in [-0.15, -0.1) is 0 Å². The Morgan fingerprint density at radius 2 is 1.75 bits per heavy atom. The lowest BCUT2D eigenvalue weighted by Gasteiger charge is -2.42. The first kappa shape index (κ1) is 27.8. The van der Waals surface area contributed by atoms with Crippen molar-refractivity contribution in [2.45, 2.75) is 57.0 Å². The van der Waals surface area contributed by atoms with E-state index in [0.717, 1.165) is 31.2 Å². The van der Waals surface area contributed by atoms with Gasteiger partial charge in [-0.2, -0.15) is 0 Å². The largest absolute Gasteiger partial charge is 0.512 e. The lowest BCUT2D eigenvalue weighted by atomic mass is 9.76. The Bertz CT molecular complexity index is 1530. The van der Waals surface area contributed by atoms with E-state index < -0.39 is 11.6 Å². The van der Waals surface area contributed by atoms with Gasteiger partial charge < -0.3 is 29.0 Å². The highest BCUT2D eigenvalue weighted by Crippen LogP contribution is 2.46. The number of nitrogens with zero attached hydrogens (tertiary/aromatic N) is 1. The van der Waals surface area contributed by atoms with Crippen LogP contribution in [0.15, 0.2) is 46.5 Å². The molecular weight excluding hydrogens is 536 g/mol. The van der Waals surface area contributed by atoms with Gasteiger partial charge in [0.2, 0.25) is 0 Å². The van der Waals surface area contributed by atoms with Gasteiger partial charge >= 0.3 is 5.97 Å². The SMILES string of the molecule is COc1ccc(CCC2(C3CCCC3)CC(O)=C(Cc3nc4cc(OC)c(OC)cc4c(=O)[nH]3)C(=O)O2)cc1Cl. The van der Waals surface area contributed by atoms with Crippen LogP contribution in [-0.2, 0) is 22.4 Å². The molecule has 10 heteroatoms. The van der Waals surface area contributed by atoms with E-state index in [-0.39, 0.29) is 41.5 Å². The molecule has 2 heterocycles. The maximum absolute atomic E-state index is 13.4. The van der Waals surface area contributed by atoms with E-state index in [9.17, 15) is 14.7 Å². The zero-order valence-corrected chi connectivity index (χ0v) is 23.6. The van der Waals surface area contributed by atoms with Crippen molar-refractivity contribution in [3.63, 3.8) is 0 Å². The molecular formula is C30H33ClN2O7. The first-order chi connectivity index (χ1) is 19.3. The minimum atomic E-state index is -0.818. The molecule has 0 amide bonds. The molecule has 3 aromatic rings. The van der Waals surface area contributed by atoms with Crippen LogP contribution in [-0.4, -0.2) is 48.0 Å². The number of ether oxygens (including phenoxy) is 4. The van der Waals surface area contributed by atoms with Crippen molar-refractivity contribution in [2.24, 2.45) is 5.92 Å². The van der Waals surface area contributed by atoms with E-state index >= 15 is 0 Å². The molecule has 5 rings (SSSR count). The first-order valence-electron chi connectivity index (χ1n) is 13.4. The second-order valence-electron chi connectivity index (χ2n) is 10.4. The highest BCUT2D eigenvalue weighted by molar-refractivity contribution is 6.32. The summed E-state index contributed by atoms with van der Waals surface area (Å²) in [6.07, 6.45) is 5.31. The second kappa shape index (κ2) is 11.4. The summed E-state index contributed by atoms with van der Waals surface area (Å²) in [5, 5.41) is 12.1. The molecule has 1 saturated carbocycles. The molecule has 0 spiro atoms. The maximum atomic E-state index is 13.4. The number of cyclic esters (lactones) is 1. The Morgan fingerprint density at radius 3 is 2.40 bits per heavy atom. The topological polar surface area (TPSA) is 120 Å². The number of aliphatic hydroxyl groups excluding tert-OH is 1. The van der Waals surface area contributed by atoms with Crippen molar-refractivity contribution in [1.29, 1.82) is 0 Å². The molecule has 9 nitrogen and oxygen atoms in total. The van der Waals surface area contributed by atoms with Crippen molar-refractivity contribution < 1.29 is 28.8 Å². The summed E-state index contributed by atoms with van der Waals surface area (Å²) in [7, 11) is 4.56. The number of rotatable bonds is 9. The Morgan fingerprint density at radius 1 is 1.05 bits per heavy atom. The second-order valence-corrected chi connectivity index (χ2v) is 10.8. The zero-order valence-electron chi connectivity index (χ0n) is 22.8. The molecule has 1 aliphatic carbocycles. The molecule has 2 aliphatic rings.